The predicted octanol–water partition coefficient (Wildman–Crippen LogP) is 4.52. The first-order valence-corrected chi connectivity index (χ1v) is 7.39. The van der Waals surface area contributed by atoms with Crippen LogP contribution >= 0.6 is 0 Å². The van der Waals surface area contributed by atoms with E-state index in [0.717, 1.165) is 5.92 Å². The van der Waals surface area contributed by atoms with Crippen LogP contribution in [0.1, 0.15) is 78.6 Å². The fourth-order valence-corrected chi connectivity index (χ4v) is 2.97. The van der Waals surface area contributed by atoms with Gasteiger partial charge in [-0.15, -0.1) is 0 Å². The van der Waals surface area contributed by atoms with E-state index >= 15 is 0 Å². The molecule has 1 rings (SSSR count). The third-order valence-corrected chi connectivity index (χ3v) is 3.92. The van der Waals surface area contributed by atoms with Crippen LogP contribution < -0.4 is 5.32 Å². The van der Waals surface area contributed by atoms with Gasteiger partial charge < -0.3 is 5.32 Å². The molecule has 1 aliphatic heterocycles. The second kappa shape index (κ2) is 7.32. The number of nitrogens with one attached hydrogen (secondary N) is 1. The van der Waals surface area contributed by atoms with Crippen molar-refractivity contribution in [1.29, 1.82) is 0 Å². The highest BCUT2D eigenvalue weighted by Crippen LogP contribution is 2.28. The first-order valence-electron chi connectivity index (χ1n) is 7.39. The number of hydrogen-bond acceptors (Lipinski definition) is 1. The molecule has 96 valence electrons. The SMILES string of the molecule is CCCCCCCCC1CCNC(C)(C)C1. The van der Waals surface area contributed by atoms with Crippen LogP contribution in [0.4, 0.5) is 0 Å². The molecule has 0 bridgehead atoms. The molecule has 16 heavy (non-hydrogen) atoms. The van der Waals surface area contributed by atoms with E-state index in [0.29, 0.717) is 5.54 Å². The molecule has 1 atom stereocenters. The fraction of sp³-hybridized carbons (Fsp3) is 1.00. The van der Waals surface area contributed by atoms with Gasteiger partial charge >= 0.3 is 0 Å². The monoisotopic (exact) mass is 225 g/mol. The van der Waals surface area contributed by atoms with E-state index in [1.165, 1.54) is 64.3 Å². The Hall–Kier alpha value is -0.0400. The van der Waals surface area contributed by atoms with Crippen LogP contribution in [0.2, 0.25) is 0 Å². The normalized spacial score (nSPS) is 24.6. The van der Waals surface area contributed by atoms with Crippen molar-refractivity contribution in [3.63, 3.8) is 0 Å². The van der Waals surface area contributed by atoms with Crippen molar-refractivity contribution in [2.45, 2.75) is 84.1 Å². The van der Waals surface area contributed by atoms with Gasteiger partial charge in [-0.1, -0.05) is 51.9 Å². The molecule has 0 spiro atoms. The summed E-state index contributed by atoms with van der Waals surface area (Å²) < 4.78 is 0. The molecule has 0 aromatic carbocycles. The van der Waals surface area contributed by atoms with Gasteiger partial charge in [0.2, 0.25) is 0 Å². The Balaban J connectivity index is 2.00. The standard InChI is InChI=1S/C15H31N/c1-4-5-6-7-8-9-10-14-11-12-16-15(2,3)13-14/h14,16H,4-13H2,1-3H3. The largest absolute Gasteiger partial charge is 0.312 e. The van der Waals surface area contributed by atoms with E-state index in [9.17, 15) is 0 Å². The van der Waals surface area contributed by atoms with Crippen molar-refractivity contribution in [3.8, 4) is 0 Å². The molecule has 0 aliphatic carbocycles. The summed E-state index contributed by atoms with van der Waals surface area (Å²) in [4.78, 5) is 0. The molecular weight excluding hydrogens is 194 g/mol. The van der Waals surface area contributed by atoms with E-state index in [1.807, 2.05) is 0 Å². The molecule has 0 radical (unpaired) electrons. The average Bonchev–Trinajstić information content (AvgIpc) is 2.22. The third kappa shape index (κ3) is 5.89. The van der Waals surface area contributed by atoms with E-state index in [2.05, 4.69) is 26.1 Å². The molecular formula is C15H31N. The van der Waals surface area contributed by atoms with E-state index < -0.39 is 0 Å². The molecule has 0 aromatic rings. The van der Waals surface area contributed by atoms with Crippen molar-refractivity contribution in [1.82, 2.24) is 5.32 Å². The minimum Gasteiger partial charge on any atom is -0.312 e. The lowest BCUT2D eigenvalue weighted by Gasteiger charge is -2.36. The summed E-state index contributed by atoms with van der Waals surface area (Å²) in [5.74, 6) is 0.988. The van der Waals surface area contributed by atoms with Gasteiger partial charge in [0, 0.05) is 5.54 Å². The molecule has 1 heteroatoms. The van der Waals surface area contributed by atoms with Crippen molar-refractivity contribution in [2.75, 3.05) is 6.54 Å². The topological polar surface area (TPSA) is 12.0 Å². The quantitative estimate of drug-likeness (QED) is 0.628. The molecule has 0 amide bonds. The number of unbranched alkanes of at least 4 members (excludes halogenated alkanes) is 5. The third-order valence-electron chi connectivity index (χ3n) is 3.92. The molecule has 1 saturated heterocycles. The van der Waals surface area contributed by atoms with Crippen molar-refractivity contribution in [2.24, 2.45) is 5.92 Å². The lowest BCUT2D eigenvalue weighted by atomic mass is 9.82. The van der Waals surface area contributed by atoms with Gasteiger partial charge in [-0.25, -0.2) is 0 Å². The molecule has 0 aromatic heterocycles. The van der Waals surface area contributed by atoms with E-state index in [-0.39, 0.29) is 0 Å². The summed E-state index contributed by atoms with van der Waals surface area (Å²) in [7, 11) is 0. The van der Waals surface area contributed by atoms with Gasteiger partial charge in [0.05, 0.1) is 0 Å². The van der Waals surface area contributed by atoms with Crippen LogP contribution in [0.3, 0.4) is 0 Å². The van der Waals surface area contributed by atoms with Gasteiger partial charge in [-0.3, -0.25) is 0 Å². The second-order valence-corrected chi connectivity index (χ2v) is 6.23. The first-order chi connectivity index (χ1) is 7.64. The Bertz CT molecular complexity index is 174. The minimum absolute atomic E-state index is 0.394. The zero-order valence-corrected chi connectivity index (χ0v) is 11.6. The summed E-state index contributed by atoms with van der Waals surface area (Å²) in [6.45, 7) is 8.21. The Morgan fingerprint density at radius 2 is 1.75 bits per heavy atom. The van der Waals surface area contributed by atoms with Gasteiger partial charge in [0.25, 0.3) is 0 Å². The summed E-state index contributed by atoms with van der Waals surface area (Å²) in [6, 6.07) is 0. The van der Waals surface area contributed by atoms with Crippen LogP contribution in [0.25, 0.3) is 0 Å². The smallest absolute Gasteiger partial charge is 0.0127 e. The fourth-order valence-electron chi connectivity index (χ4n) is 2.97. The van der Waals surface area contributed by atoms with Gasteiger partial charge in [0.15, 0.2) is 0 Å². The Morgan fingerprint density at radius 1 is 1.06 bits per heavy atom. The molecule has 1 aliphatic rings. The predicted molar refractivity (Wildman–Crippen MR) is 72.8 cm³/mol. The van der Waals surface area contributed by atoms with E-state index in [1.54, 1.807) is 0 Å². The Kier molecular flexibility index (Phi) is 6.41. The number of rotatable bonds is 7. The highest BCUT2D eigenvalue weighted by Gasteiger charge is 2.26. The maximum absolute atomic E-state index is 3.61. The summed E-state index contributed by atoms with van der Waals surface area (Å²) in [6.07, 6.45) is 12.9. The van der Waals surface area contributed by atoms with Crippen molar-refractivity contribution in [3.05, 3.63) is 0 Å². The lowest BCUT2D eigenvalue weighted by Crippen LogP contribution is -2.46. The zero-order chi connectivity index (χ0) is 11.9. The summed E-state index contributed by atoms with van der Waals surface area (Å²) in [5.41, 5.74) is 0.394. The molecule has 1 nitrogen and oxygen atoms in total. The van der Waals surface area contributed by atoms with Crippen molar-refractivity contribution < 1.29 is 0 Å². The Morgan fingerprint density at radius 3 is 2.44 bits per heavy atom. The van der Waals surface area contributed by atoms with Crippen LogP contribution in [0.15, 0.2) is 0 Å². The van der Waals surface area contributed by atoms with Gasteiger partial charge in [-0.2, -0.15) is 0 Å². The second-order valence-electron chi connectivity index (χ2n) is 6.23. The van der Waals surface area contributed by atoms with Gasteiger partial charge in [-0.05, 0) is 39.2 Å². The van der Waals surface area contributed by atoms with Crippen molar-refractivity contribution >= 4 is 0 Å². The average molecular weight is 225 g/mol. The summed E-state index contributed by atoms with van der Waals surface area (Å²) >= 11 is 0. The number of piperidine rings is 1. The molecule has 0 saturated carbocycles. The van der Waals surface area contributed by atoms with Crippen LogP contribution in [-0.2, 0) is 0 Å². The molecule has 1 N–H and O–H groups in total. The number of hydrogen-bond donors (Lipinski definition) is 1. The first kappa shape index (κ1) is 14.0. The maximum Gasteiger partial charge on any atom is 0.0127 e. The Labute approximate surface area is 102 Å². The lowest BCUT2D eigenvalue weighted by molar-refractivity contribution is 0.218. The van der Waals surface area contributed by atoms with Crippen LogP contribution in [-0.4, -0.2) is 12.1 Å². The molecule has 1 unspecified atom stereocenters. The summed E-state index contributed by atoms with van der Waals surface area (Å²) in [5, 5.41) is 3.61. The maximum atomic E-state index is 3.61. The molecule has 1 fully saturated rings. The van der Waals surface area contributed by atoms with Gasteiger partial charge in [0.1, 0.15) is 0 Å². The van der Waals surface area contributed by atoms with Crippen LogP contribution in [0.5, 0.6) is 0 Å². The van der Waals surface area contributed by atoms with Crippen LogP contribution in [0, 0.1) is 5.92 Å². The molecule has 1 heterocycles. The highest BCUT2D eigenvalue weighted by atomic mass is 15.0. The highest BCUT2D eigenvalue weighted by molar-refractivity contribution is 4.85. The zero-order valence-electron chi connectivity index (χ0n) is 11.6. The van der Waals surface area contributed by atoms with E-state index in [4.69, 9.17) is 0 Å². The minimum atomic E-state index is 0.394.